The van der Waals surface area contributed by atoms with Gasteiger partial charge in [-0.3, -0.25) is 4.79 Å². The molecule has 0 heterocycles. The highest BCUT2D eigenvalue weighted by Gasteiger charge is 2.38. The van der Waals surface area contributed by atoms with Gasteiger partial charge in [-0.15, -0.1) is 0 Å². The van der Waals surface area contributed by atoms with Gasteiger partial charge in [0.15, 0.2) is 0 Å². The number of amides is 2. The number of hydrogen-bond donors (Lipinski definition) is 3. The molecule has 1 unspecified atom stereocenters. The highest BCUT2D eigenvalue weighted by Crippen LogP contribution is 2.45. The summed E-state index contributed by atoms with van der Waals surface area (Å²) >= 11 is 0. The van der Waals surface area contributed by atoms with Crippen molar-refractivity contribution in [1.82, 2.24) is 10.6 Å². The van der Waals surface area contributed by atoms with Gasteiger partial charge in [-0.1, -0.05) is 110 Å². The number of fused-ring (bicyclic) bond motifs is 3. The van der Waals surface area contributed by atoms with Gasteiger partial charge in [0.25, 0.3) is 0 Å². The van der Waals surface area contributed by atoms with Crippen LogP contribution in [-0.2, 0) is 19.9 Å². The summed E-state index contributed by atoms with van der Waals surface area (Å²) in [5.41, 5.74) is 6.23. The second kappa shape index (κ2) is 18.4. The standard InChI is InChI=1S/C45H48N2O7/c1-51-36-24-20-33(21-25-36)45(32-13-5-3-6-14-32,34-22-26-37(52-2)27-23-34)54-30-35(48)29-47-43(49)19-7-4-12-28-46-44(50)53-31-42-40-17-10-8-15-38(40)39-16-9-11-18-41(39)42/h3,5-6,8-11,13-18,20-27,35,42,48H,4,7,12,19,28-31H2,1-2H3,(H,46,50)(H,47,49). The fourth-order valence-electron chi connectivity index (χ4n) is 7.10. The van der Waals surface area contributed by atoms with Gasteiger partial charge in [-0.05, 0) is 76.1 Å². The highest BCUT2D eigenvalue weighted by atomic mass is 16.5. The van der Waals surface area contributed by atoms with E-state index >= 15 is 0 Å². The number of ether oxygens (including phenoxy) is 4. The predicted molar refractivity (Wildman–Crippen MR) is 209 cm³/mol. The molecule has 9 heteroatoms. The van der Waals surface area contributed by atoms with Gasteiger partial charge in [0.2, 0.25) is 5.91 Å². The average Bonchev–Trinajstić information content (AvgIpc) is 3.55. The molecule has 280 valence electrons. The SMILES string of the molecule is COc1ccc(C(OCC(O)CNC(=O)CCCCCNC(=O)OCC2c3ccccc3-c3ccccc32)(c2ccccc2)c2ccc(OC)cc2)cc1. The number of methoxy groups -OCH3 is 2. The minimum atomic E-state index is -1.07. The van der Waals surface area contributed by atoms with Crippen molar-refractivity contribution in [2.75, 3.05) is 40.5 Å². The third-order valence-electron chi connectivity index (χ3n) is 9.89. The molecule has 54 heavy (non-hydrogen) atoms. The van der Waals surface area contributed by atoms with Crippen molar-refractivity contribution in [1.29, 1.82) is 0 Å². The Labute approximate surface area is 317 Å². The Kier molecular flexibility index (Phi) is 13.0. The summed E-state index contributed by atoms with van der Waals surface area (Å²) in [5.74, 6) is 1.29. The molecule has 5 aromatic carbocycles. The Bertz CT molecular complexity index is 1870. The van der Waals surface area contributed by atoms with Gasteiger partial charge in [0.05, 0.1) is 26.9 Å². The van der Waals surface area contributed by atoms with Crippen LogP contribution in [0, 0.1) is 0 Å². The van der Waals surface area contributed by atoms with E-state index in [2.05, 4.69) is 34.9 Å². The zero-order valence-corrected chi connectivity index (χ0v) is 30.8. The molecule has 0 fully saturated rings. The number of alkyl carbamates (subject to hydrolysis) is 1. The van der Waals surface area contributed by atoms with Crippen LogP contribution in [0.4, 0.5) is 4.79 Å². The monoisotopic (exact) mass is 728 g/mol. The number of hydrogen-bond acceptors (Lipinski definition) is 7. The number of carbonyl (C=O) groups excluding carboxylic acids is 2. The van der Waals surface area contributed by atoms with E-state index in [1.807, 2.05) is 103 Å². The molecule has 0 spiro atoms. The Balaban J connectivity index is 0.948. The van der Waals surface area contributed by atoms with Crippen molar-refractivity contribution in [3.8, 4) is 22.6 Å². The van der Waals surface area contributed by atoms with Crippen LogP contribution in [0.1, 0.15) is 59.4 Å². The maximum Gasteiger partial charge on any atom is 0.407 e. The molecule has 1 aliphatic carbocycles. The van der Waals surface area contributed by atoms with Gasteiger partial charge in [0, 0.05) is 25.4 Å². The minimum absolute atomic E-state index is 0.0140. The van der Waals surface area contributed by atoms with Crippen molar-refractivity contribution < 1.29 is 33.6 Å². The van der Waals surface area contributed by atoms with Crippen LogP contribution in [0.2, 0.25) is 0 Å². The van der Waals surface area contributed by atoms with E-state index in [1.165, 1.54) is 22.3 Å². The van der Waals surface area contributed by atoms with Crippen molar-refractivity contribution in [3.63, 3.8) is 0 Å². The molecule has 0 saturated carbocycles. The zero-order chi connectivity index (χ0) is 37.8. The molecule has 0 radical (unpaired) electrons. The van der Waals surface area contributed by atoms with Crippen molar-refractivity contribution >= 4 is 12.0 Å². The third kappa shape index (κ3) is 8.93. The van der Waals surface area contributed by atoms with Crippen LogP contribution in [0.5, 0.6) is 11.5 Å². The van der Waals surface area contributed by atoms with Crippen molar-refractivity contribution in [3.05, 3.63) is 155 Å². The molecule has 0 aromatic heterocycles. The molecule has 5 aromatic rings. The normalized spacial score (nSPS) is 12.6. The maximum absolute atomic E-state index is 12.7. The number of carbonyl (C=O) groups is 2. The van der Waals surface area contributed by atoms with E-state index in [-0.39, 0.29) is 31.6 Å². The van der Waals surface area contributed by atoms with E-state index in [1.54, 1.807) is 14.2 Å². The summed E-state index contributed by atoms with van der Waals surface area (Å²) in [6.07, 6.45) is 1.02. The molecular formula is C45H48N2O7. The van der Waals surface area contributed by atoms with Gasteiger partial charge in [0.1, 0.15) is 23.7 Å². The van der Waals surface area contributed by atoms with E-state index in [9.17, 15) is 14.7 Å². The van der Waals surface area contributed by atoms with Crippen LogP contribution in [-0.4, -0.2) is 63.7 Å². The maximum atomic E-state index is 12.7. The largest absolute Gasteiger partial charge is 0.497 e. The first-order chi connectivity index (χ1) is 26.4. The van der Waals surface area contributed by atoms with Crippen LogP contribution in [0.25, 0.3) is 11.1 Å². The summed E-state index contributed by atoms with van der Waals surface area (Å²) in [7, 11) is 3.24. The van der Waals surface area contributed by atoms with Crippen LogP contribution in [0.15, 0.2) is 127 Å². The number of nitrogens with one attached hydrogen (secondary N) is 2. The number of aliphatic hydroxyl groups excluding tert-OH is 1. The summed E-state index contributed by atoms with van der Waals surface area (Å²) in [6, 6.07) is 41.7. The molecule has 1 aliphatic rings. The lowest BCUT2D eigenvalue weighted by Gasteiger charge is -2.36. The topological polar surface area (TPSA) is 115 Å². The average molecular weight is 729 g/mol. The van der Waals surface area contributed by atoms with Crippen molar-refractivity contribution in [2.45, 2.75) is 43.3 Å². The number of aliphatic hydroxyl groups is 1. The molecular weight excluding hydrogens is 681 g/mol. The molecule has 1 atom stereocenters. The van der Waals surface area contributed by atoms with E-state index < -0.39 is 17.8 Å². The van der Waals surface area contributed by atoms with Crippen LogP contribution >= 0.6 is 0 Å². The van der Waals surface area contributed by atoms with Gasteiger partial charge < -0.3 is 34.7 Å². The van der Waals surface area contributed by atoms with E-state index in [0.29, 0.717) is 37.3 Å². The quantitative estimate of drug-likeness (QED) is 0.0630. The number of benzene rings is 5. The smallest absolute Gasteiger partial charge is 0.407 e. The molecule has 9 nitrogen and oxygen atoms in total. The van der Waals surface area contributed by atoms with Crippen LogP contribution in [0.3, 0.4) is 0 Å². The highest BCUT2D eigenvalue weighted by molar-refractivity contribution is 5.79. The summed E-state index contributed by atoms with van der Waals surface area (Å²) in [4.78, 5) is 25.2. The van der Waals surface area contributed by atoms with Gasteiger partial charge in [-0.2, -0.15) is 0 Å². The molecule has 6 rings (SSSR count). The lowest BCUT2D eigenvalue weighted by Crippen LogP contribution is -2.39. The first-order valence-electron chi connectivity index (χ1n) is 18.4. The molecule has 2 amide bonds. The molecule has 0 bridgehead atoms. The Morgan fingerprint density at radius 3 is 1.78 bits per heavy atom. The Morgan fingerprint density at radius 1 is 0.667 bits per heavy atom. The summed E-state index contributed by atoms with van der Waals surface area (Å²) in [6.45, 7) is 0.722. The predicted octanol–water partition coefficient (Wildman–Crippen LogP) is 7.59. The van der Waals surface area contributed by atoms with Gasteiger partial charge >= 0.3 is 6.09 Å². The zero-order valence-electron chi connectivity index (χ0n) is 30.8. The molecule has 3 N–H and O–H groups in total. The minimum Gasteiger partial charge on any atom is -0.497 e. The number of rotatable bonds is 18. The van der Waals surface area contributed by atoms with Gasteiger partial charge in [-0.25, -0.2) is 4.79 Å². The summed E-state index contributed by atoms with van der Waals surface area (Å²) < 4.78 is 23.2. The summed E-state index contributed by atoms with van der Waals surface area (Å²) in [5, 5.41) is 16.7. The van der Waals surface area contributed by atoms with Crippen LogP contribution < -0.4 is 20.1 Å². The fraction of sp³-hybridized carbons (Fsp3) is 0.289. The first kappa shape index (κ1) is 38.1. The third-order valence-corrected chi connectivity index (χ3v) is 9.89. The van der Waals surface area contributed by atoms with Crippen molar-refractivity contribution in [2.24, 2.45) is 0 Å². The lowest BCUT2D eigenvalue weighted by molar-refractivity contribution is -0.122. The number of unbranched alkanes of at least 4 members (excludes halogenated alkanes) is 2. The Hall–Kier alpha value is -5.64. The second-order valence-electron chi connectivity index (χ2n) is 13.3. The van der Waals surface area contributed by atoms with E-state index in [4.69, 9.17) is 18.9 Å². The molecule has 0 saturated heterocycles. The lowest BCUT2D eigenvalue weighted by atomic mass is 9.80. The first-order valence-corrected chi connectivity index (χ1v) is 18.4. The Morgan fingerprint density at radius 2 is 1.20 bits per heavy atom. The fourth-order valence-corrected chi connectivity index (χ4v) is 7.10. The second-order valence-corrected chi connectivity index (χ2v) is 13.3. The molecule has 0 aliphatic heterocycles. The van der Waals surface area contributed by atoms with E-state index in [0.717, 1.165) is 23.1 Å².